The number of nitrogens with two attached hydrogens (primary N) is 1. The molecule has 0 spiro atoms. The predicted octanol–water partition coefficient (Wildman–Crippen LogP) is 1.81. The summed E-state index contributed by atoms with van der Waals surface area (Å²) in [6, 6.07) is 7.65. The number of benzene rings is 1. The molecule has 0 atom stereocenters. The maximum atomic E-state index is 5.99. The van der Waals surface area contributed by atoms with Crippen LogP contribution < -0.4 is 10.5 Å². The Morgan fingerprint density at radius 3 is 3.05 bits per heavy atom. The van der Waals surface area contributed by atoms with Crippen molar-refractivity contribution in [3.05, 3.63) is 35.5 Å². The number of anilines is 1. The van der Waals surface area contributed by atoms with Crippen LogP contribution in [0.2, 0.25) is 0 Å². The molecule has 19 heavy (non-hydrogen) atoms. The molecule has 0 saturated heterocycles. The Morgan fingerprint density at radius 2 is 2.21 bits per heavy atom. The van der Waals surface area contributed by atoms with Crippen LogP contribution in [0.4, 0.5) is 5.82 Å². The highest BCUT2D eigenvalue weighted by Crippen LogP contribution is 2.26. The average Bonchev–Trinajstić information content (AvgIpc) is 2.47. The summed E-state index contributed by atoms with van der Waals surface area (Å²) in [5.41, 5.74) is 8.79. The molecule has 0 aliphatic carbocycles. The van der Waals surface area contributed by atoms with Crippen LogP contribution in [0.15, 0.2) is 24.3 Å². The number of rotatable bonds is 2. The number of aromatic nitrogens is 2. The van der Waals surface area contributed by atoms with E-state index < -0.39 is 0 Å². The zero-order chi connectivity index (χ0) is 13.2. The molecule has 0 fully saturated rings. The predicted molar refractivity (Wildman–Crippen MR) is 71.8 cm³/mol. The number of methoxy groups -OCH3 is 1. The van der Waals surface area contributed by atoms with Crippen molar-refractivity contribution >= 4 is 5.82 Å². The van der Waals surface area contributed by atoms with Gasteiger partial charge in [0.1, 0.15) is 11.6 Å². The summed E-state index contributed by atoms with van der Waals surface area (Å²) in [5.74, 6) is 1.92. The lowest BCUT2D eigenvalue weighted by molar-refractivity contribution is 0.109. The molecule has 5 heteroatoms. The summed E-state index contributed by atoms with van der Waals surface area (Å²) < 4.78 is 10.6. The van der Waals surface area contributed by atoms with Gasteiger partial charge in [-0.2, -0.15) is 0 Å². The van der Waals surface area contributed by atoms with Gasteiger partial charge in [0.2, 0.25) is 0 Å². The van der Waals surface area contributed by atoms with Gasteiger partial charge in [-0.25, -0.2) is 9.97 Å². The van der Waals surface area contributed by atoms with E-state index in [1.54, 1.807) is 7.11 Å². The second kappa shape index (κ2) is 4.85. The zero-order valence-electron chi connectivity index (χ0n) is 10.7. The number of fused-ring (bicyclic) bond motifs is 1. The Labute approximate surface area is 111 Å². The maximum Gasteiger partial charge on any atom is 0.161 e. The van der Waals surface area contributed by atoms with Gasteiger partial charge in [0.25, 0.3) is 0 Å². The minimum Gasteiger partial charge on any atom is -0.497 e. The molecule has 0 amide bonds. The maximum absolute atomic E-state index is 5.99. The van der Waals surface area contributed by atoms with Gasteiger partial charge in [0, 0.05) is 17.5 Å². The molecule has 2 N–H and O–H groups in total. The Hall–Kier alpha value is -2.14. The zero-order valence-corrected chi connectivity index (χ0v) is 10.7. The topological polar surface area (TPSA) is 70.3 Å². The molecule has 1 aromatic carbocycles. The van der Waals surface area contributed by atoms with Gasteiger partial charge in [-0.05, 0) is 12.1 Å². The second-order valence-electron chi connectivity index (χ2n) is 4.39. The Bertz CT molecular complexity index is 614. The molecule has 2 heterocycles. The lowest BCUT2D eigenvalue weighted by Gasteiger charge is -2.17. The smallest absolute Gasteiger partial charge is 0.161 e. The molecule has 3 rings (SSSR count). The van der Waals surface area contributed by atoms with Crippen molar-refractivity contribution in [1.29, 1.82) is 0 Å². The normalized spacial score (nSPS) is 13.9. The van der Waals surface area contributed by atoms with Crippen molar-refractivity contribution < 1.29 is 9.47 Å². The summed E-state index contributed by atoms with van der Waals surface area (Å²) in [4.78, 5) is 8.96. The van der Waals surface area contributed by atoms with Gasteiger partial charge < -0.3 is 15.2 Å². The second-order valence-corrected chi connectivity index (χ2v) is 4.39. The van der Waals surface area contributed by atoms with Crippen molar-refractivity contribution in [1.82, 2.24) is 9.97 Å². The first-order chi connectivity index (χ1) is 9.28. The Kier molecular flexibility index (Phi) is 3.05. The van der Waals surface area contributed by atoms with Crippen molar-refractivity contribution in [3.8, 4) is 17.1 Å². The lowest BCUT2D eigenvalue weighted by atomic mass is 10.1. The molecular formula is C14H15N3O2. The van der Waals surface area contributed by atoms with Crippen LogP contribution in [-0.2, 0) is 17.8 Å². The van der Waals surface area contributed by atoms with E-state index in [2.05, 4.69) is 9.97 Å². The van der Waals surface area contributed by atoms with Crippen LogP contribution in [-0.4, -0.2) is 23.7 Å². The van der Waals surface area contributed by atoms with Crippen LogP contribution in [0, 0.1) is 0 Å². The number of nitrogen functional groups attached to an aromatic ring is 1. The van der Waals surface area contributed by atoms with E-state index in [1.807, 2.05) is 24.3 Å². The molecule has 1 aromatic heterocycles. The highest BCUT2D eigenvalue weighted by molar-refractivity contribution is 5.60. The van der Waals surface area contributed by atoms with E-state index in [4.69, 9.17) is 15.2 Å². The number of ether oxygens (including phenoxy) is 2. The van der Waals surface area contributed by atoms with Gasteiger partial charge in [0.05, 0.1) is 26.0 Å². The third-order valence-corrected chi connectivity index (χ3v) is 3.18. The third kappa shape index (κ3) is 2.24. The highest BCUT2D eigenvalue weighted by atomic mass is 16.5. The molecule has 1 aliphatic heterocycles. The van der Waals surface area contributed by atoms with E-state index >= 15 is 0 Å². The van der Waals surface area contributed by atoms with E-state index in [0.29, 0.717) is 24.9 Å². The first-order valence-corrected chi connectivity index (χ1v) is 6.15. The Morgan fingerprint density at radius 1 is 1.32 bits per heavy atom. The van der Waals surface area contributed by atoms with Crippen LogP contribution in [0.5, 0.6) is 5.75 Å². The third-order valence-electron chi connectivity index (χ3n) is 3.18. The summed E-state index contributed by atoms with van der Waals surface area (Å²) >= 11 is 0. The summed E-state index contributed by atoms with van der Waals surface area (Å²) in [6.07, 6.45) is 0.777. The fourth-order valence-electron chi connectivity index (χ4n) is 2.15. The molecule has 0 saturated carbocycles. The molecule has 5 nitrogen and oxygen atoms in total. The van der Waals surface area contributed by atoms with Gasteiger partial charge in [-0.15, -0.1) is 0 Å². The van der Waals surface area contributed by atoms with Gasteiger partial charge in [0.15, 0.2) is 5.82 Å². The standard InChI is InChI=1S/C14H15N3O2/c1-18-10-4-2-3-9(7-10)14-16-12-5-6-19-8-11(12)13(15)17-14/h2-4,7H,5-6,8H2,1H3,(H2,15,16,17). The summed E-state index contributed by atoms with van der Waals surface area (Å²) in [7, 11) is 1.64. The van der Waals surface area contributed by atoms with Crippen LogP contribution in [0.3, 0.4) is 0 Å². The SMILES string of the molecule is COc1cccc(-c2nc(N)c3c(n2)CCOC3)c1. The summed E-state index contributed by atoms with van der Waals surface area (Å²) in [6.45, 7) is 1.18. The fraction of sp³-hybridized carbons (Fsp3) is 0.286. The van der Waals surface area contributed by atoms with Crippen molar-refractivity contribution in [2.24, 2.45) is 0 Å². The summed E-state index contributed by atoms with van der Waals surface area (Å²) in [5, 5.41) is 0. The van der Waals surface area contributed by atoms with E-state index in [0.717, 1.165) is 29.0 Å². The van der Waals surface area contributed by atoms with Crippen LogP contribution >= 0.6 is 0 Å². The molecular weight excluding hydrogens is 242 g/mol. The molecule has 0 bridgehead atoms. The fourth-order valence-corrected chi connectivity index (χ4v) is 2.15. The first kappa shape index (κ1) is 11.9. The monoisotopic (exact) mass is 257 g/mol. The number of hydrogen-bond acceptors (Lipinski definition) is 5. The number of nitrogens with zero attached hydrogens (tertiary/aromatic N) is 2. The largest absolute Gasteiger partial charge is 0.497 e. The average molecular weight is 257 g/mol. The molecule has 2 aromatic rings. The molecule has 98 valence electrons. The van der Waals surface area contributed by atoms with Gasteiger partial charge in [-0.3, -0.25) is 0 Å². The first-order valence-electron chi connectivity index (χ1n) is 6.15. The number of hydrogen-bond donors (Lipinski definition) is 1. The van der Waals surface area contributed by atoms with E-state index in [-0.39, 0.29) is 0 Å². The van der Waals surface area contributed by atoms with E-state index in [9.17, 15) is 0 Å². The van der Waals surface area contributed by atoms with Crippen LogP contribution in [0.25, 0.3) is 11.4 Å². The minimum atomic E-state index is 0.500. The molecule has 1 aliphatic rings. The van der Waals surface area contributed by atoms with Crippen LogP contribution in [0.1, 0.15) is 11.3 Å². The van der Waals surface area contributed by atoms with Crippen molar-refractivity contribution in [3.63, 3.8) is 0 Å². The van der Waals surface area contributed by atoms with Crippen molar-refractivity contribution in [2.45, 2.75) is 13.0 Å². The molecule has 0 unspecified atom stereocenters. The molecule has 0 radical (unpaired) electrons. The quantitative estimate of drug-likeness (QED) is 0.888. The Balaban J connectivity index is 2.07. The van der Waals surface area contributed by atoms with Gasteiger partial charge in [-0.1, -0.05) is 12.1 Å². The lowest BCUT2D eigenvalue weighted by Crippen LogP contribution is -2.16. The van der Waals surface area contributed by atoms with E-state index in [1.165, 1.54) is 0 Å². The highest BCUT2D eigenvalue weighted by Gasteiger charge is 2.17. The van der Waals surface area contributed by atoms with Gasteiger partial charge >= 0.3 is 0 Å². The van der Waals surface area contributed by atoms with Crippen molar-refractivity contribution in [2.75, 3.05) is 19.5 Å². The minimum absolute atomic E-state index is 0.500.